The summed E-state index contributed by atoms with van der Waals surface area (Å²) in [6, 6.07) is 16.3. The molecule has 1 aliphatic rings. The van der Waals surface area contributed by atoms with E-state index in [1.54, 1.807) is 48.0 Å². The van der Waals surface area contributed by atoms with E-state index in [1.165, 1.54) is 11.8 Å². The summed E-state index contributed by atoms with van der Waals surface area (Å²) in [7, 11) is 0. The molecule has 0 saturated heterocycles. The van der Waals surface area contributed by atoms with Crippen LogP contribution >= 0.6 is 23.4 Å². The molecule has 7 nitrogen and oxygen atoms in total. The van der Waals surface area contributed by atoms with Gasteiger partial charge in [-0.1, -0.05) is 35.5 Å². The number of hydrogen-bond acceptors (Lipinski definition) is 7. The lowest BCUT2D eigenvalue weighted by atomic mass is 10.1. The number of fused-ring (bicyclic) bond motifs is 1. The van der Waals surface area contributed by atoms with E-state index in [9.17, 15) is 4.79 Å². The average Bonchev–Trinajstić information content (AvgIpc) is 3.21. The number of thioether (sulfide) groups is 1. The summed E-state index contributed by atoms with van der Waals surface area (Å²) >= 11 is 7.42. The molecule has 2 heterocycles. The van der Waals surface area contributed by atoms with Gasteiger partial charge in [0.25, 0.3) is 0 Å². The zero-order valence-electron chi connectivity index (χ0n) is 16.4. The lowest BCUT2D eigenvalue weighted by molar-refractivity contribution is -0.137. The summed E-state index contributed by atoms with van der Waals surface area (Å²) in [6.45, 7) is 1.99. The van der Waals surface area contributed by atoms with Crippen molar-refractivity contribution in [3.05, 3.63) is 70.3 Å². The van der Waals surface area contributed by atoms with E-state index in [0.717, 1.165) is 5.56 Å². The smallest absolute Gasteiger partial charge is 0.340 e. The van der Waals surface area contributed by atoms with Gasteiger partial charge in [0.2, 0.25) is 5.16 Å². The van der Waals surface area contributed by atoms with Gasteiger partial charge in [-0.25, -0.2) is 4.79 Å². The molecule has 0 saturated carbocycles. The molecular formula is C22H16ClN5O2S. The van der Waals surface area contributed by atoms with Gasteiger partial charge in [0.05, 0.1) is 29.5 Å². The first kappa shape index (κ1) is 20.8. The molecule has 0 radical (unpaired) electrons. The second-order valence-electron chi connectivity index (χ2n) is 6.48. The van der Waals surface area contributed by atoms with Crippen LogP contribution in [0.15, 0.2) is 64.4 Å². The molecule has 0 spiro atoms. The Labute approximate surface area is 188 Å². The van der Waals surface area contributed by atoms with E-state index in [4.69, 9.17) is 21.6 Å². The SMILES string of the molecule is CCOC(=O)/C(=C/c1cccc(C#N)c1)C1=Nn2c(nnc2-c2ccc(Cl)cc2)SC1. The maximum absolute atomic E-state index is 12.7. The molecule has 3 aromatic rings. The molecule has 0 fully saturated rings. The zero-order chi connectivity index (χ0) is 21.8. The molecule has 0 atom stereocenters. The maximum Gasteiger partial charge on any atom is 0.340 e. The molecule has 9 heteroatoms. The topological polar surface area (TPSA) is 93.2 Å². The van der Waals surface area contributed by atoms with E-state index in [1.807, 2.05) is 18.2 Å². The number of ether oxygens (including phenoxy) is 1. The number of hydrogen-bond donors (Lipinski definition) is 0. The molecule has 2 aromatic carbocycles. The first-order valence-corrected chi connectivity index (χ1v) is 10.8. The number of carbonyl (C=O) groups is 1. The monoisotopic (exact) mass is 449 g/mol. The third-order valence-corrected chi connectivity index (χ3v) is 5.59. The van der Waals surface area contributed by atoms with Crippen molar-refractivity contribution >= 4 is 41.1 Å². The maximum atomic E-state index is 12.7. The van der Waals surface area contributed by atoms with E-state index < -0.39 is 5.97 Å². The lowest BCUT2D eigenvalue weighted by Crippen LogP contribution is -2.21. The molecule has 1 aliphatic heterocycles. The Morgan fingerprint density at radius 2 is 2.10 bits per heavy atom. The van der Waals surface area contributed by atoms with E-state index in [0.29, 0.717) is 44.2 Å². The van der Waals surface area contributed by atoms with E-state index in [2.05, 4.69) is 21.4 Å². The molecule has 0 unspecified atom stereocenters. The highest BCUT2D eigenvalue weighted by molar-refractivity contribution is 7.99. The fourth-order valence-corrected chi connectivity index (χ4v) is 3.93. The van der Waals surface area contributed by atoms with Crippen molar-refractivity contribution < 1.29 is 9.53 Å². The summed E-state index contributed by atoms with van der Waals surface area (Å²) in [6.07, 6.45) is 1.69. The minimum atomic E-state index is -0.478. The Kier molecular flexibility index (Phi) is 6.16. The molecule has 0 amide bonds. The number of benzene rings is 2. The van der Waals surface area contributed by atoms with Crippen LogP contribution in [0.2, 0.25) is 5.02 Å². The Bertz CT molecular complexity index is 1240. The van der Waals surface area contributed by atoms with Crippen molar-refractivity contribution in [1.29, 1.82) is 5.26 Å². The Morgan fingerprint density at radius 3 is 2.84 bits per heavy atom. The first-order chi connectivity index (χ1) is 15.1. The summed E-state index contributed by atoms with van der Waals surface area (Å²) in [5.41, 5.74) is 2.88. The van der Waals surface area contributed by atoms with Gasteiger partial charge in [0, 0.05) is 16.3 Å². The van der Waals surface area contributed by atoms with Crippen molar-refractivity contribution in [2.24, 2.45) is 5.10 Å². The van der Waals surface area contributed by atoms with Crippen LogP contribution < -0.4 is 0 Å². The van der Waals surface area contributed by atoms with Crippen molar-refractivity contribution in [3.8, 4) is 17.5 Å². The van der Waals surface area contributed by atoms with E-state index in [-0.39, 0.29) is 6.61 Å². The van der Waals surface area contributed by atoms with Crippen LogP contribution in [0.5, 0.6) is 0 Å². The molecule has 4 rings (SSSR count). The van der Waals surface area contributed by atoms with Crippen LogP contribution in [0, 0.1) is 11.3 Å². The van der Waals surface area contributed by atoms with Crippen molar-refractivity contribution in [2.75, 3.05) is 12.4 Å². The van der Waals surface area contributed by atoms with Crippen molar-refractivity contribution in [1.82, 2.24) is 14.9 Å². The zero-order valence-corrected chi connectivity index (χ0v) is 18.0. The third-order valence-electron chi connectivity index (χ3n) is 4.41. The van der Waals surface area contributed by atoms with Gasteiger partial charge in [0.15, 0.2) is 5.82 Å². The van der Waals surface area contributed by atoms with Crippen LogP contribution in [0.1, 0.15) is 18.1 Å². The third kappa shape index (κ3) is 4.53. The summed E-state index contributed by atoms with van der Waals surface area (Å²) in [5, 5.41) is 23.5. The van der Waals surface area contributed by atoms with Crippen LogP contribution in [0.4, 0.5) is 0 Å². The predicted molar refractivity (Wildman–Crippen MR) is 120 cm³/mol. The average molecular weight is 450 g/mol. The standard InChI is InChI=1S/C22H16ClN5O2S/c1-2-30-21(29)18(11-14-4-3-5-15(10-14)12-24)19-13-31-22-26-25-20(28(22)27-19)16-6-8-17(23)9-7-16/h3-11H,2,13H2,1H3/b18-11+. The van der Waals surface area contributed by atoms with Crippen LogP contribution in [-0.2, 0) is 9.53 Å². The molecule has 31 heavy (non-hydrogen) atoms. The summed E-state index contributed by atoms with van der Waals surface area (Å²) < 4.78 is 6.88. The van der Waals surface area contributed by atoms with Crippen molar-refractivity contribution in [2.45, 2.75) is 12.1 Å². The van der Waals surface area contributed by atoms with Gasteiger partial charge in [-0.3, -0.25) is 0 Å². The fraction of sp³-hybridized carbons (Fsp3) is 0.136. The number of nitriles is 1. The predicted octanol–water partition coefficient (Wildman–Crippen LogP) is 4.43. The van der Waals surface area contributed by atoms with Crippen LogP contribution in [-0.4, -0.2) is 38.9 Å². The number of carbonyl (C=O) groups excluding carboxylic acids is 1. The quantitative estimate of drug-likeness (QED) is 0.422. The van der Waals surface area contributed by atoms with Gasteiger partial charge < -0.3 is 4.74 Å². The van der Waals surface area contributed by atoms with Crippen LogP contribution in [0.25, 0.3) is 17.5 Å². The van der Waals surface area contributed by atoms with Gasteiger partial charge in [0.1, 0.15) is 0 Å². The Balaban J connectivity index is 1.78. The number of rotatable bonds is 5. The minimum Gasteiger partial charge on any atom is -0.462 e. The fourth-order valence-electron chi connectivity index (χ4n) is 2.97. The van der Waals surface area contributed by atoms with Gasteiger partial charge in [-0.05, 0) is 55.0 Å². The highest BCUT2D eigenvalue weighted by atomic mass is 35.5. The van der Waals surface area contributed by atoms with Gasteiger partial charge in [-0.15, -0.1) is 10.2 Å². The summed E-state index contributed by atoms with van der Waals surface area (Å²) in [5.74, 6) is 0.501. The Hall–Kier alpha value is -3.41. The first-order valence-electron chi connectivity index (χ1n) is 9.40. The lowest BCUT2D eigenvalue weighted by Gasteiger charge is -2.16. The largest absolute Gasteiger partial charge is 0.462 e. The molecule has 0 N–H and O–H groups in total. The minimum absolute atomic E-state index is 0.239. The Morgan fingerprint density at radius 1 is 1.29 bits per heavy atom. The number of halogens is 1. The normalized spacial score (nSPS) is 13.2. The van der Waals surface area contributed by atoms with Gasteiger partial charge >= 0.3 is 5.97 Å². The molecule has 0 aliphatic carbocycles. The van der Waals surface area contributed by atoms with Crippen LogP contribution in [0.3, 0.4) is 0 Å². The molecule has 1 aromatic heterocycles. The highest BCUT2D eigenvalue weighted by Gasteiger charge is 2.25. The number of esters is 1. The molecular weight excluding hydrogens is 434 g/mol. The summed E-state index contributed by atoms with van der Waals surface area (Å²) in [4.78, 5) is 12.7. The second-order valence-corrected chi connectivity index (χ2v) is 7.85. The van der Waals surface area contributed by atoms with Crippen molar-refractivity contribution in [3.63, 3.8) is 0 Å². The molecule has 0 bridgehead atoms. The molecule has 154 valence electrons. The number of aromatic nitrogens is 3. The highest BCUT2D eigenvalue weighted by Crippen LogP contribution is 2.29. The second kappa shape index (κ2) is 9.16. The van der Waals surface area contributed by atoms with E-state index >= 15 is 0 Å². The number of nitrogens with zero attached hydrogens (tertiary/aromatic N) is 5. The van der Waals surface area contributed by atoms with Gasteiger partial charge in [-0.2, -0.15) is 15.0 Å².